The molecule has 0 saturated heterocycles. The van der Waals surface area contributed by atoms with Crippen LogP contribution < -0.4 is 0 Å². The van der Waals surface area contributed by atoms with Gasteiger partial charge in [-0.05, 0) is 30.3 Å². The minimum Gasteiger partial charge on any atom is -0.248 e. The Hall–Kier alpha value is -1.08. The maximum atomic E-state index is 14.1. The van der Waals surface area contributed by atoms with Crippen molar-refractivity contribution in [1.29, 1.82) is 0 Å². The summed E-state index contributed by atoms with van der Waals surface area (Å²) in [5.74, 6) is -8.93. The smallest absolute Gasteiger partial charge is 0.248 e. The number of halogens is 11. The Morgan fingerprint density at radius 3 is 1.96 bits per heavy atom. The third-order valence-corrected chi connectivity index (χ3v) is 5.90. The zero-order chi connectivity index (χ0) is 21.7. The predicted molar refractivity (Wildman–Crippen MR) is 89.6 cm³/mol. The molecule has 0 aromatic heterocycles. The van der Waals surface area contributed by atoms with Crippen molar-refractivity contribution in [2.24, 2.45) is 0 Å². The first kappa shape index (κ1) is 23.2. The third-order valence-electron chi connectivity index (χ3n) is 3.37. The molecule has 0 bridgehead atoms. The Balaban J connectivity index is 2.79. The second kappa shape index (κ2) is 7.63. The van der Waals surface area contributed by atoms with Gasteiger partial charge in [0.2, 0.25) is 0 Å². The van der Waals surface area contributed by atoms with Crippen molar-refractivity contribution in [3.8, 4) is 11.1 Å². The van der Waals surface area contributed by atoms with Gasteiger partial charge in [0.25, 0.3) is 0 Å². The van der Waals surface area contributed by atoms with Gasteiger partial charge in [-0.15, -0.1) is 0 Å². The topological polar surface area (TPSA) is 17.1 Å². The molecule has 0 spiro atoms. The molecule has 154 valence electrons. The van der Waals surface area contributed by atoms with E-state index in [4.69, 9.17) is 0 Å². The van der Waals surface area contributed by atoms with E-state index in [2.05, 4.69) is 31.9 Å². The third kappa shape index (κ3) is 3.97. The number of hydrogen-bond donors (Lipinski definition) is 0. The number of benzene rings is 2. The molecule has 2 aromatic carbocycles. The minimum atomic E-state index is -6.71. The molecule has 2 aromatic rings. The highest BCUT2D eigenvalue weighted by Crippen LogP contribution is 2.51. The van der Waals surface area contributed by atoms with Crippen LogP contribution in [-0.2, 0) is 10.8 Å². The zero-order valence-corrected chi connectivity index (χ0v) is 16.8. The van der Waals surface area contributed by atoms with E-state index >= 15 is 0 Å². The Bertz CT molecular complexity index is 944. The van der Waals surface area contributed by atoms with Gasteiger partial charge >= 0.3 is 17.4 Å². The standard InChI is InChI=1S/C15H5Br2F9OS/c16-6-3-9(17)12(8-5-7(18)1-2-10(8)19)11(4-6)28(27)15(25,26)13(20,21)14(22,23)24/h1-5H. The molecule has 0 heterocycles. The lowest BCUT2D eigenvalue weighted by atomic mass is 10.0. The molecule has 1 atom stereocenters. The van der Waals surface area contributed by atoms with Gasteiger partial charge in [0, 0.05) is 20.1 Å². The van der Waals surface area contributed by atoms with Crippen LogP contribution in [0, 0.1) is 11.6 Å². The average molecular weight is 564 g/mol. The molecule has 0 aliphatic heterocycles. The van der Waals surface area contributed by atoms with Crippen molar-refractivity contribution >= 4 is 42.7 Å². The summed E-state index contributed by atoms with van der Waals surface area (Å²) in [7, 11) is -4.31. The van der Waals surface area contributed by atoms with Crippen LogP contribution >= 0.6 is 31.9 Å². The van der Waals surface area contributed by atoms with Gasteiger partial charge < -0.3 is 0 Å². The molecule has 13 heteroatoms. The first-order valence-electron chi connectivity index (χ1n) is 6.80. The van der Waals surface area contributed by atoms with E-state index in [1.165, 1.54) is 0 Å². The van der Waals surface area contributed by atoms with Crippen LogP contribution in [0.5, 0.6) is 0 Å². The molecule has 0 aliphatic carbocycles. The molecular weight excluding hydrogens is 559 g/mol. The Kier molecular flexibility index (Phi) is 6.33. The summed E-state index contributed by atoms with van der Waals surface area (Å²) in [5.41, 5.74) is -1.54. The monoisotopic (exact) mass is 562 g/mol. The zero-order valence-electron chi connectivity index (χ0n) is 12.9. The number of hydrogen-bond acceptors (Lipinski definition) is 1. The fourth-order valence-electron chi connectivity index (χ4n) is 2.07. The molecule has 0 radical (unpaired) electrons. The molecule has 28 heavy (non-hydrogen) atoms. The van der Waals surface area contributed by atoms with Gasteiger partial charge in [-0.3, -0.25) is 0 Å². The van der Waals surface area contributed by atoms with Crippen molar-refractivity contribution < 1.29 is 43.7 Å². The first-order valence-corrected chi connectivity index (χ1v) is 9.53. The van der Waals surface area contributed by atoms with E-state index in [9.17, 15) is 43.7 Å². The van der Waals surface area contributed by atoms with Gasteiger partial charge in [0.05, 0.1) is 4.90 Å². The van der Waals surface area contributed by atoms with E-state index in [1.807, 2.05) is 0 Å². The van der Waals surface area contributed by atoms with Crippen LogP contribution in [0.2, 0.25) is 0 Å². The summed E-state index contributed by atoms with van der Waals surface area (Å²) in [6.07, 6.45) is -6.71. The van der Waals surface area contributed by atoms with Crippen molar-refractivity contribution in [1.82, 2.24) is 0 Å². The van der Waals surface area contributed by atoms with Crippen LogP contribution in [0.15, 0.2) is 44.2 Å². The lowest BCUT2D eigenvalue weighted by Gasteiger charge is -2.28. The molecule has 2 rings (SSSR count). The number of alkyl halides is 7. The summed E-state index contributed by atoms with van der Waals surface area (Å²) in [5, 5.41) is -6.11. The van der Waals surface area contributed by atoms with E-state index in [0.29, 0.717) is 24.3 Å². The summed E-state index contributed by atoms with van der Waals surface area (Å²) in [4.78, 5) is -1.26. The molecule has 0 amide bonds. The van der Waals surface area contributed by atoms with Crippen LogP contribution in [0.3, 0.4) is 0 Å². The normalized spacial score (nSPS) is 14.2. The SMILES string of the molecule is O=S(c1cc(Br)cc(Br)c1-c1cc(F)ccc1F)C(F)(F)C(F)(F)C(F)(F)F. The molecule has 1 unspecified atom stereocenters. The highest BCUT2D eigenvalue weighted by atomic mass is 79.9. The summed E-state index contributed by atoms with van der Waals surface area (Å²) >= 11 is 5.60. The highest BCUT2D eigenvalue weighted by Gasteiger charge is 2.76. The predicted octanol–water partition coefficient (Wildman–Crippen LogP) is 7.05. The number of rotatable bonds is 4. The van der Waals surface area contributed by atoms with Crippen molar-refractivity contribution in [2.45, 2.75) is 22.2 Å². The Labute approximate surface area is 170 Å². The lowest BCUT2D eigenvalue weighted by Crippen LogP contribution is -2.54. The highest BCUT2D eigenvalue weighted by molar-refractivity contribution is 9.11. The molecule has 1 nitrogen and oxygen atoms in total. The molecule has 0 saturated carbocycles. The van der Waals surface area contributed by atoms with E-state index in [0.717, 1.165) is 6.07 Å². The van der Waals surface area contributed by atoms with Crippen LogP contribution in [0.1, 0.15) is 0 Å². The summed E-state index contributed by atoms with van der Waals surface area (Å²) in [6, 6.07) is 3.38. The van der Waals surface area contributed by atoms with E-state index < -0.39 is 55.8 Å². The van der Waals surface area contributed by atoms with Gasteiger partial charge in [0.15, 0.2) is 0 Å². The van der Waals surface area contributed by atoms with E-state index in [-0.39, 0.29) is 8.95 Å². The van der Waals surface area contributed by atoms with Gasteiger partial charge in [-0.25, -0.2) is 13.0 Å². The quantitative estimate of drug-likeness (QED) is 0.364. The van der Waals surface area contributed by atoms with Crippen molar-refractivity contribution in [3.05, 3.63) is 50.9 Å². The van der Waals surface area contributed by atoms with Crippen molar-refractivity contribution in [2.75, 3.05) is 0 Å². The molecule has 0 N–H and O–H groups in total. The molecule has 0 fully saturated rings. The lowest BCUT2D eigenvalue weighted by molar-refractivity contribution is -0.331. The van der Waals surface area contributed by atoms with Gasteiger partial charge in [-0.2, -0.15) is 30.7 Å². The second-order valence-electron chi connectivity index (χ2n) is 5.24. The van der Waals surface area contributed by atoms with Crippen molar-refractivity contribution in [3.63, 3.8) is 0 Å². The van der Waals surface area contributed by atoms with E-state index in [1.54, 1.807) is 0 Å². The summed E-state index contributed by atoms with van der Waals surface area (Å²) in [6.45, 7) is 0. The second-order valence-corrected chi connectivity index (χ2v) is 8.50. The first-order chi connectivity index (χ1) is 12.6. The fraction of sp³-hybridized carbons (Fsp3) is 0.200. The van der Waals surface area contributed by atoms with Gasteiger partial charge in [-0.1, -0.05) is 31.9 Å². The average Bonchev–Trinajstić information content (AvgIpc) is 2.54. The Morgan fingerprint density at radius 1 is 0.857 bits per heavy atom. The largest absolute Gasteiger partial charge is 0.461 e. The molecule has 0 aliphatic rings. The minimum absolute atomic E-state index is 0.144. The maximum absolute atomic E-state index is 14.1. The summed E-state index contributed by atoms with van der Waals surface area (Å²) < 4.78 is 131. The van der Waals surface area contributed by atoms with Crippen LogP contribution in [0.25, 0.3) is 11.1 Å². The molecular formula is C15H5Br2F9OS. The van der Waals surface area contributed by atoms with Gasteiger partial charge in [0.1, 0.15) is 22.4 Å². The van der Waals surface area contributed by atoms with Crippen LogP contribution in [-0.4, -0.2) is 21.6 Å². The maximum Gasteiger partial charge on any atom is 0.461 e. The Morgan fingerprint density at radius 2 is 1.43 bits per heavy atom. The van der Waals surface area contributed by atoms with Crippen LogP contribution in [0.4, 0.5) is 39.5 Å². The fourth-order valence-corrected chi connectivity index (χ4v) is 5.05.